The molecule has 2 aromatic rings. The number of nitrogens with zero attached hydrogens (tertiary/aromatic N) is 3. The summed E-state index contributed by atoms with van der Waals surface area (Å²) in [6.45, 7) is 9.46. The van der Waals surface area contributed by atoms with E-state index >= 15 is 0 Å². The molecule has 0 saturated carbocycles. The summed E-state index contributed by atoms with van der Waals surface area (Å²) in [4.78, 5) is 21.1. The number of fused-ring (bicyclic) bond motifs is 1. The van der Waals surface area contributed by atoms with E-state index in [-0.39, 0.29) is 10.8 Å². The first-order valence-corrected chi connectivity index (χ1v) is 13.1. The summed E-state index contributed by atoms with van der Waals surface area (Å²) in [6.07, 6.45) is 2.65. The van der Waals surface area contributed by atoms with E-state index in [1.807, 2.05) is 0 Å². The molecule has 1 fully saturated rings. The van der Waals surface area contributed by atoms with Crippen molar-refractivity contribution in [2.24, 2.45) is 5.92 Å². The van der Waals surface area contributed by atoms with Gasteiger partial charge in [-0.05, 0) is 56.9 Å². The zero-order valence-corrected chi connectivity index (χ0v) is 19.9. The van der Waals surface area contributed by atoms with Crippen LogP contribution in [0.2, 0.25) is 0 Å². The number of carbonyl (C=O) groups is 1. The number of benzene rings is 1. The van der Waals surface area contributed by atoms with Gasteiger partial charge in [0.2, 0.25) is 10.0 Å². The Kier molecular flexibility index (Phi) is 6.48. The second-order valence-electron chi connectivity index (χ2n) is 8.77. The maximum absolute atomic E-state index is 12.9. The fourth-order valence-electron chi connectivity index (χ4n) is 4.03. The maximum atomic E-state index is 12.9. The van der Waals surface area contributed by atoms with Crippen LogP contribution in [0.3, 0.4) is 0 Å². The van der Waals surface area contributed by atoms with Gasteiger partial charge >= 0.3 is 0 Å². The summed E-state index contributed by atoms with van der Waals surface area (Å²) in [5, 5.41) is 3.47. The zero-order valence-electron chi connectivity index (χ0n) is 18.3. The first kappa shape index (κ1) is 22.4. The van der Waals surface area contributed by atoms with Gasteiger partial charge in [0.25, 0.3) is 5.91 Å². The van der Waals surface area contributed by atoms with Gasteiger partial charge in [0.15, 0.2) is 5.13 Å². The number of aromatic nitrogens is 1. The number of anilines is 1. The van der Waals surface area contributed by atoms with Gasteiger partial charge in [-0.3, -0.25) is 15.0 Å². The molecule has 2 aliphatic heterocycles. The number of carbonyl (C=O) groups excluding carboxylic acids is 1. The van der Waals surface area contributed by atoms with E-state index in [1.54, 1.807) is 16.4 Å². The smallest absolute Gasteiger partial charge is 0.257 e. The first-order valence-electron chi connectivity index (χ1n) is 10.9. The van der Waals surface area contributed by atoms with Crippen molar-refractivity contribution in [1.29, 1.82) is 0 Å². The third-order valence-corrected chi connectivity index (χ3v) is 9.12. The largest absolute Gasteiger partial charge is 0.298 e. The Morgan fingerprint density at radius 1 is 1.16 bits per heavy atom. The number of hydrogen-bond acceptors (Lipinski definition) is 6. The number of sulfonamides is 1. The van der Waals surface area contributed by atoms with Gasteiger partial charge in [0, 0.05) is 49.1 Å². The van der Waals surface area contributed by atoms with Crippen molar-refractivity contribution in [3.05, 3.63) is 40.4 Å². The Labute approximate surface area is 188 Å². The highest BCUT2D eigenvalue weighted by Gasteiger charge is 2.28. The molecule has 0 spiro atoms. The van der Waals surface area contributed by atoms with Crippen LogP contribution in [0, 0.1) is 5.92 Å². The topological polar surface area (TPSA) is 82.6 Å². The quantitative estimate of drug-likeness (QED) is 0.734. The van der Waals surface area contributed by atoms with Gasteiger partial charge in [-0.15, -0.1) is 11.3 Å². The molecule has 9 heteroatoms. The van der Waals surface area contributed by atoms with Crippen LogP contribution >= 0.6 is 11.3 Å². The van der Waals surface area contributed by atoms with E-state index in [1.165, 1.54) is 28.3 Å². The molecule has 0 unspecified atom stereocenters. The number of hydrogen-bond donors (Lipinski definition) is 1. The van der Waals surface area contributed by atoms with Crippen LogP contribution < -0.4 is 5.32 Å². The fourth-order valence-corrected chi connectivity index (χ4v) is 6.53. The minimum Gasteiger partial charge on any atom is -0.298 e. The molecule has 1 aromatic heterocycles. The number of amides is 1. The molecule has 7 nitrogen and oxygen atoms in total. The Bertz CT molecular complexity index is 1040. The monoisotopic (exact) mass is 462 g/mol. The summed E-state index contributed by atoms with van der Waals surface area (Å²) in [7, 11) is -3.51. The molecular weight excluding hydrogens is 432 g/mol. The van der Waals surface area contributed by atoms with Crippen molar-refractivity contribution in [3.63, 3.8) is 0 Å². The summed E-state index contributed by atoms with van der Waals surface area (Å²) in [6, 6.07) is 6.67. The zero-order chi connectivity index (χ0) is 22.2. The van der Waals surface area contributed by atoms with E-state index in [0.717, 1.165) is 38.0 Å². The van der Waals surface area contributed by atoms with Gasteiger partial charge in [0.05, 0.1) is 10.6 Å². The van der Waals surface area contributed by atoms with E-state index in [0.29, 0.717) is 35.7 Å². The predicted octanol–water partition coefficient (Wildman–Crippen LogP) is 3.58. The molecular formula is C22H30N4O3S2. The number of piperidine rings is 1. The molecule has 2 aliphatic rings. The van der Waals surface area contributed by atoms with Crippen LogP contribution in [0.5, 0.6) is 0 Å². The van der Waals surface area contributed by atoms with Crippen molar-refractivity contribution < 1.29 is 13.2 Å². The fraction of sp³-hybridized carbons (Fsp3) is 0.545. The lowest BCUT2D eigenvalue weighted by atomic mass is 10.0. The van der Waals surface area contributed by atoms with Gasteiger partial charge in [-0.2, -0.15) is 4.31 Å². The summed E-state index contributed by atoms with van der Waals surface area (Å²) in [5.74, 6) is 0.282. The maximum Gasteiger partial charge on any atom is 0.257 e. The van der Waals surface area contributed by atoms with Crippen molar-refractivity contribution in [2.75, 3.05) is 25.0 Å². The molecule has 1 amide bonds. The van der Waals surface area contributed by atoms with E-state index < -0.39 is 10.0 Å². The Morgan fingerprint density at radius 3 is 2.48 bits per heavy atom. The Hall–Kier alpha value is -1.81. The lowest BCUT2D eigenvalue weighted by Crippen LogP contribution is -2.37. The van der Waals surface area contributed by atoms with Gasteiger partial charge in [-0.25, -0.2) is 13.4 Å². The Morgan fingerprint density at radius 2 is 1.84 bits per heavy atom. The van der Waals surface area contributed by atoms with Gasteiger partial charge in [0.1, 0.15) is 0 Å². The predicted molar refractivity (Wildman–Crippen MR) is 123 cm³/mol. The minimum atomic E-state index is -3.51. The molecule has 1 aromatic carbocycles. The molecule has 31 heavy (non-hydrogen) atoms. The Balaban J connectivity index is 1.42. The molecule has 168 valence electrons. The summed E-state index contributed by atoms with van der Waals surface area (Å²) >= 11 is 1.52. The average molecular weight is 463 g/mol. The molecule has 0 aliphatic carbocycles. The average Bonchev–Trinajstić information content (AvgIpc) is 3.15. The minimum absolute atomic E-state index is 0.233. The lowest BCUT2D eigenvalue weighted by molar-refractivity contribution is 0.102. The standard InChI is InChI=1S/C22H30N4O3S2/c1-15(2)25-11-10-19-20(14-25)30-22(23-19)24-21(27)17-4-6-18(7-5-17)31(28,29)26-12-8-16(3)9-13-26/h4-7,15-16H,8-14H2,1-3H3,(H,23,24,27). The second kappa shape index (κ2) is 8.97. The molecule has 0 radical (unpaired) electrons. The second-order valence-corrected chi connectivity index (χ2v) is 11.8. The van der Waals surface area contributed by atoms with Crippen LogP contribution in [-0.4, -0.2) is 54.2 Å². The van der Waals surface area contributed by atoms with Crippen LogP contribution in [0.15, 0.2) is 29.2 Å². The normalized spacial score (nSPS) is 18.8. The molecule has 4 rings (SSSR count). The molecule has 1 saturated heterocycles. The van der Waals surface area contributed by atoms with Crippen LogP contribution in [-0.2, 0) is 23.0 Å². The lowest BCUT2D eigenvalue weighted by Gasteiger charge is -2.29. The van der Waals surface area contributed by atoms with E-state index in [9.17, 15) is 13.2 Å². The third-order valence-electron chi connectivity index (χ3n) is 6.21. The van der Waals surface area contributed by atoms with Gasteiger partial charge in [-0.1, -0.05) is 6.92 Å². The van der Waals surface area contributed by atoms with E-state index in [4.69, 9.17) is 0 Å². The summed E-state index contributed by atoms with van der Waals surface area (Å²) in [5.41, 5.74) is 1.48. The van der Waals surface area contributed by atoms with Crippen molar-refractivity contribution in [3.8, 4) is 0 Å². The number of nitrogens with one attached hydrogen (secondary N) is 1. The molecule has 3 heterocycles. The van der Waals surface area contributed by atoms with Crippen molar-refractivity contribution >= 4 is 32.4 Å². The molecule has 1 N–H and O–H groups in total. The summed E-state index contributed by atoms with van der Waals surface area (Å²) < 4.78 is 27.3. The van der Waals surface area contributed by atoms with Crippen LogP contribution in [0.1, 0.15) is 54.5 Å². The van der Waals surface area contributed by atoms with E-state index in [2.05, 4.69) is 36.0 Å². The van der Waals surface area contributed by atoms with Crippen molar-refractivity contribution in [1.82, 2.24) is 14.2 Å². The first-order chi connectivity index (χ1) is 14.7. The van der Waals surface area contributed by atoms with Crippen LogP contribution in [0.4, 0.5) is 5.13 Å². The van der Waals surface area contributed by atoms with Crippen molar-refractivity contribution in [2.45, 2.75) is 57.5 Å². The highest BCUT2D eigenvalue weighted by atomic mass is 32.2. The number of rotatable bonds is 5. The molecule has 0 bridgehead atoms. The highest BCUT2D eigenvalue weighted by Crippen LogP contribution is 2.29. The molecule has 0 atom stereocenters. The SMILES string of the molecule is CC1CCN(S(=O)(=O)c2ccc(C(=O)Nc3nc4c(s3)CN(C(C)C)CC4)cc2)CC1. The highest BCUT2D eigenvalue weighted by molar-refractivity contribution is 7.89. The number of thiazole rings is 1. The van der Waals surface area contributed by atoms with Crippen LogP contribution in [0.25, 0.3) is 0 Å². The third kappa shape index (κ3) is 4.84. The van der Waals surface area contributed by atoms with Gasteiger partial charge < -0.3 is 0 Å².